The van der Waals surface area contributed by atoms with Crippen molar-refractivity contribution >= 4 is 0 Å². The van der Waals surface area contributed by atoms with Crippen LogP contribution in [0.15, 0.2) is 48.5 Å². The zero-order chi connectivity index (χ0) is 14.7. The molecular formula is C18H20O3. The summed E-state index contributed by atoms with van der Waals surface area (Å²) < 4.78 is 5.82. The highest BCUT2D eigenvalue weighted by Gasteiger charge is 2.29. The molecular weight excluding hydrogens is 264 g/mol. The zero-order valence-electron chi connectivity index (χ0n) is 11.9. The maximum Gasteiger partial charge on any atom is 0.125 e. The lowest BCUT2D eigenvalue weighted by Gasteiger charge is -2.30. The number of fused-ring (bicyclic) bond motifs is 1. The maximum atomic E-state index is 10.6. The third-order valence-corrected chi connectivity index (χ3v) is 4.04. The molecule has 0 aromatic heterocycles. The zero-order valence-corrected chi connectivity index (χ0v) is 11.9. The van der Waals surface area contributed by atoms with Gasteiger partial charge in [-0.05, 0) is 30.0 Å². The van der Waals surface area contributed by atoms with E-state index in [-0.39, 0.29) is 12.5 Å². The van der Waals surface area contributed by atoms with Crippen LogP contribution in [0.5, 0.6) is 5.75 Å². The second-order valence-electron chi connectivity index (χ2n) is 5.55. The van der Waals surface area contributed by atoms with Crippen LogP contribution in [0.4, 0.5) is 0 Å². The first kappa shape index (κ1) is 14.1. The summed E-state index contributed by atoms with van der Waals surface area (Å²) in [5, 5.41) is 19.6. The summed E-state index contributed by atoms with van der Waals surface area (Å²) >= 11 is 0. The van der Waals surface area contributed by atoms with E-state index < -0.39 is 6.10 Å². The molecule has 2 aromatic rings. The fourth-order valence-corrected chi connectivity index (χ4v) is 2.86. The molecule has 1 heterocycles. The molecule has 3 nitrogen and oxygen atoms in total. The highest BCUT2D eigenvalue weighted by molar-refractivity contribution is 5.41. The lowest BCUT2D eigenvalue weighted by atomic mass is 9.87. The van der Waals surface area contributed by atoms with Crippen LogP contribution in [-0.2, 0) is 12.8 Å². The number of aliphatic hydroxyl groups excluding tert-OH is 2. The largest absolute Gasteiger partial charge is 0.493 e. The molecule has 2 atom stereocenters. The van der Waals surface area contributed by atoms with E-state index in [1.54, 1.807) is 0 Å². The first-order valence-corrected chi connectivity index (χ1v) is 7.36. The number of aliphatic hydroxyl groups is 2. The fourth-order valence-electron chi connectivity index (χ4n) is 2.86. The second-order valence-corrected chi connectivity index (χ2v) is 5.55. The van der Waals surface area contributed by atoms with Crippen molar-refractivity contribution in [3.63, 3.8) is 0 Å². The summed E-state index contributed by atoms with van der Waals surface area (Å²) in [6, 6.07) is 16.0. The van der Waals surface area contributed by atoms with Gasteiger partial charge < -0.3 is 14.9 Å². The third kappa shape index (κ3) is 3.09. The number of benzene rings is 2. The van der Waals surface area contributed by atoms with Crippen molar-refractivity contribution in [3.05, 3.63) is 65.2 Å². The molecule has 3 heteroatoms. The van der Waals surface area contributed by atoms with Crippen molar-refractivity contribution in [1.82, 2.24) is 0 Å². The Kier molecular flexibility index (Phi) is 4.23. The fraction of sp³-hybridized carbons (Fsp3) is 0.333. The molecule has 0 spiro atoms. The van der Waals surface area contributed by atoms with Crippen molar-refractivity contribution in [1.29, 1.82) is 0 Å². The Morgan fingerprint density at radius 1 is 1.05 bits per heavy atom. The van der Waals surface area contributed by atoms with Gasteiger partial charge in [-0.3, -0.25) is 0 Å². The van der Waals surface area contributed by atoms with E-state index in [2.05, 4.69) is 12.1 Å². The van der Waals surface area contributed by atoms with E-state index in [4.69, 9.17) is 9.84 Å². The molecule has 0 unspecified atom stereocenters. The molecule has 110 valence electrons. The number of hydrogen-bond donors (Lipinski definition) is 2. The van der Waals surface area contributed by atoms with E-state index in [0.717, 1.165) is 23.3 Å². The summed E-state index contributed by atoms with van der Waals surface area (Å²) in [6.07, 6.45) is 0.914. The van der Waals surface area contributed by atoms with Crippen LogP contribution < -0.4 is 4.74 Å². The van der Waals surface area contributed by atoms with Crippen LogP contribution in [0.1, 0.15) is 22.8 Å². The van der Waals surface area contributed by atoms with Crippen LogP contribution in [-0.4, -0.2) is 23.4 Å². The van der Waals surface area contributed by atoms with E-state index in [1.165, 1.54) is 5.56 Å². The summed E-state index contributed by atoms with van der Waals surface area (Å²) in [6.45, 7) is 0.642. The first-order valence-electron chi connectivity index (χ1n) is 7.36. The first-order chi connectivity index (χ1) is 10.3. The van der Waals surface area contributed by atoms with Gasteiger partial charge in [-0.25, -0.2) is 0 Å². The van der Waals surface area contributed by atoms with E-state index in [1.807, 2.05) is 36.4 Å². The molecule has 1 aliphatic heterocycles. The molecule has 0 fully saturated rings. The van der Waals surface area contributed by atoms with E-state index in [9.17, 15) is 5.11 Å². The van der Waals surface area contributed by atoms with Crippen LogP contribution in [0.3, 0.4) is 0 Å². The van der Waals surface area contributed by atoms with Gasteiger partial charge in [0.05, 0.1) is 12.7 Å². The number of rotatable bonds is 4. The van der Waals surface area contributed by atoms with Crippen LogP contribution in [0.2, 0.25) is 0 Å². The number of ether oxygens (including phenoxy) is 1. The van der Waals surface area contributed by atoms with E-state index >= 15 is 0 Å². The predicted octanol–water partition coefficient (Wildman–Crippen LogP) is 2.51. The van der Waals surface area contributed by atoms with E-state index in [0.29, 0.717) is 13.0 Å². The lowest BCUT2D eigenvalue weighted by Crippen LogP contribution is -2.27. The van der Waals surface area contributed by atoms with Gasteiger partial charge in [0, 0.05) is 18.1 Å². The van der Waals surface area contributed by atoms with Gasteiger partial charge in [-0.2, -0.15) is 0 Å². The Balaban J connectivity index is 1.77. The average Bonchev–Trinajstić information content (AvgIpc) is 2.52. The minimum Gasteiger partial charge on any atom is -0.493 e. The normalized spacial score (nSPS) is 20.7. The average molecular weight is 284 g/mol. The highest BCUT2D eigenvalue weighted by atomic mass is 16.5. The molecule has 0 saturated heterocycles. The van der Waals surface area contributed by atoms with Gasteiger partial charge >= 0.3 is 0 Å². The van der Waals surface area contributed by atoms with Crippen LogP contribution >= 0.6 is 0 Å². The van der Waals surface area contributed by atoms with Gasteiger partial charge in [-0.1, -0.05) is 42.5 Å². The van der Waals surface area contributed by atoms with Gasteiger partial charge in [0.1, 0.15) is 5.75 Å². The summed E-state index contributed by atoms with van der Waals surface area (Å²) in [5.41, 5.74) is 3.10. The van der Waals surface area contributed by atoms with Gasteiger partial charge in [-0.15, -0.1) is 0 Å². The maximum absolute atomic E-state index is 10.6. The molecule has 0 saturated carbocycles. The molecule has 3 rings (SSSR count). The Bertz CT molecular complexity index is 595. The Morgan fingerprint density at radius 2 is 1.86 bits per heavy atom. The van der Waals surface area contributed by atoms with Crippen molar-refractivity contribution in [3.8, 4) is 5.75 Å². The Labute approximate surface area is 124 Å². The topological polar surface area (TPSA) is 49.7 Å². The molecule has 2 aromatic carbocycles. The quantitative estimate of drug-likeness (QED) is 0.907. The van der Waals surface area contributed by atoms with Gasteiger partial charge in [0.25, 0.3) is 0 Å². The molecule has 0 amide bonds. The minimum atomic E-state index is -0.503. The minimum absolute atomic E-state index is 0.0728. The molecule has 1 aliphatic rings. The smallest absolute Gasteiger partial charge is 0.125 e. The number of hydrogen-bond acceptors (Lipinski definition) is 3. The second kappa shape index (κ2) is 6.29. The van der Waals surface area contributed by atoms with Crippen LogP contribution in [0, 0.1) is 5.92 Å². The highest BCUT2D eigenvalue weighted by Crippen LogP contribution is 2.37. The molecule has 0 aliphatic carbocycles. The molecule has 2 N–H and O–H groups in total. The third-order valence-electron chi connectivity index (χ3n) is 4.04. The van der Waals surface area contributed by atoms with Crippen molar-refractivity contribution in [2.24, 2.45) is 5.92 Å². The SMILES string of the molecule is OCCc1ccc2c(c1)OC[C@H](Cc1ccccc1)[C@H]2O. The monoisotopic (exact) mass is 284 g/mol. The van der Waals surface area contributed by atoms with Crippen LogP contribution in [0.25, 0.3) is 0 Å². The molecule has 0 bridgehead atoms. The molecule has 21 heavy (non-hydrogen) atoms. The Morgan fingerprint density at radius 3 is 2.62 bits per heavy atom. The standard InChI is InChI=1S/C18H20O3/c19-9-8-14-6-7-16-17(11-14)21-12-15(18(16)20)10-13-4-2-1-3-5-13/h1-7,11,15,18-20H,8-10,12H2/t15-,18+/m0/s1. The predicted molar refractivity (Wildman–Crippen MR) is 81.3 cm³/mol. The Hall–Kier alpha value is -1.84. The van der Waals surface area contributed by atoms with Crippen molar-refractivity contribution < 1.29 is 14.9 Å². The summed E-state index contributed by atoms with van der Waals surface area (Å²) in [5.74, 6) is 0.821. The summed E-state index contributed by atoms with van der Waals surface area (Å²) in [4.78, 5) is 0. The van der Waals surface area contributed by atoms with Crippen molar-refractivity contribution in [2.75, 3.05) is 13.2 Å². The van der Waals surface area contributed by atoms with Crippen molar-refractivity contribution in [2.45, 2.75) is 18.9 Å². The lowest BCUT2D eigenvalue weighted by molar-refractivity contribution is 0.0507. The summed E-state index contributed by atoms with van der Waals surface area (Å²) in [7, 11) is 0. The molecule has 0 radical (unpaired) electrons. The van der Waals surface area contributed by atoms with Gasteiger partial charge in [0.15, 0.2) is 0 Å². The van der Waals surface area contributed by atoms with Gasteiger partial charge in [0.2, 0.25) is 0 Å².